The Bertz CT molecular complexity index is 4130. The van der Waals surface area contributed by atoms with Gasteiger partial charge >= 0.3 is 0 Å². The number of anilines is 3. The largest absolute Gasteiger partial charge is 0.497 e. The molecule has 1 aliphatic carbocycles. The first-order chi connectivity index (χ1) is 42.6. The highest BCUT2D eigenvalue weighted by Gasteiger charge is 2.22. The zero-order valence-corrected chi connectivity index (χ0v) is 49.5. The number of thiazole rings is 3. The van der Waals surface area contributed by atoms with Gasteiger partial charge in [0, 0.05) is 47.3 Å². The highest BCUT2D eigenvalue weighted by Crippen LogP contribution is 2.41. The molecule has 0 radical (unpaired) electrons. The van der Waals surface area contributed by atoms with E-state index in [1.165, 1.54) is 53.0 Å². The van der Waals surface area contributed by atoms with Crippen molar-refractivity contribution >= 4 is 69.2 Å². The Balaban J connectivity index is 0.000000145. The van der Waals surface area contributed by atoms with Crippen molar-refractivity contribution in [3.63, 3.8) is 0 Å². The second-order valence-electron chi connectivity index (χ2n) is 18.1. The lowest BCUT2D eigenvalue weighted by Crippen LogP contribution is -2.15. The van der Waals surface area contributed by atoms with Gasteiger partial charge in [-0.05, 0) is 87.4 Å². The first-order valence-electron chi connectivity index (χ1n) is 26.9. The van der Waals surface area contributed by atoms with E-state index >= 15 is 0 Å². The van der Waals surface area contributed by atoms with Gasteiger partial charge in [0.15, 0.2) is 17.5 Å². The van der Waals surface area contributed by atoms with Crippen molar-refractivity contribution in [2.75, 3.05) is 42.9 Å². The summed E-state index contributed by atoms with van der Waals surface area (Å²) >= 11 is 4.28. The maximum absolute atomic E-state index is 12.6. The molecule has 0 saturated carbocycles. The number of methoxy groups -OCH3 is 1. The highest BCUT2D eigenvalue weighted by atomic mass is 32.1. The first kappa shape index (κ1) is 59.4. The van der Waals surface area contributed by atoms with E-state index in [2.05, 4.69) is 91.4 Å². The molecular weight excluding hydrogens is 1170 g/mol. The molecule has 0 bridgehead atoms. The maximum Gasteiger partial charge on any atom is 0.256 e. The number of rotatable bonds is 21. The van der Waals surface area contributed by atoms with Crippen molar-refractivity contribution in [2.24, 2.45) is 0 Å². The van der Waals surface area contributed by atoms with Crippen molar-refractivity contribution in [3.8, 4) is 87.2 Å². The Morgan fingerprint density at radius 1 is 0.529 bits per heavy atom. The number of nitrogens with zero attached hydrogens (tertiary/aromatic N) is 12. The number of benzene rings is 2. The molecule has 2 aromatic carbocycles. The predicted molar refractivity (Wildman–Crippen MR) is 330 cm³/mol. The van der Waals surface area contributed by atoms with Crippen molar-refractivity contribution < 1.29 is 33.3 Å². The number of aromatic nitrogens is 15. The van der Waals surface area contributed by atoms with E-state index in [1.54, 1.807) is 68.2 Å². The molecule has 0 fully saturated rings. The van der Waals surface area contributed by atoms with E-state index in [4.69, 9.17) is 18.9 Å². The Hall–Kier alpha value is -10.7. The summed E-state index contributed by atoms with van der Waals surface area (Å²) in [6.45, 7) is 7.15. The van der Waals surface area contributed by atoms with Gasteiger partial charge in [-0.3, -0.25) is 29.7 Å². The van der Waals surface area contributed by atoms with Gasteiger partial charge in [-0.15, -0.1) is 34.0 Å². The molecule has 12 rings (SSSR count). The Labute approximate surface area is 509 Å². The predicted octanol–water partition coefficient (Wildman–Crippen LogP) is 10.8. The molecule has 3 amide bonds. The van der Waals surface area contributed by atoms with Crippen molar-refractivity contribution in [2.45, 2.75) is 40.0 Å². The number of nitrogens with one attached hydrogen (secondary N) is 6. The van der Waals surface area contributed by atoms with Crippen LogP contribution in [-0.4, -0.2) is 120 Å². The summed E-state index contributed by atoms with van der Waals surface area (Å²) < 4.78 is 22.1. The molecule has 9 heterocycles. The van der Waals surface area contributed by atoms with Gasteiger partial charge in [0.1, 0.15) is 71.8 Å². The van der Waals surface area contributed by atoms with Crippen LogP contribution >= 0.6 is 34.0 Å². The molecule has 0 atom stereocenters. The second-order valence-corrected chi connectivity index (χ2v) is 21.1. The molecule has 0 unspecified atom stereocenters. The van der Waals surface area contributed by atoms with Gasteiger partial charge in [0.2, 0.25) is 29.5 Å². The zero-order chi connectivity index (χ0) is 60.3. The van der Waals surface area contributed by atoms with E-state index in [0.29, 0.717) is 95.1 Å². The van der Waals surface area contributed by atoms with Crippen LogP contribution in [0.1, 0.15) is 49.5 Å². The molecule has 9 aromatic heterocycles. The number of aromatic amines is 3. The molecular formula is C59H54N18O7S3. The molecule has 0 aliphatic heterocycles. The summed E-state index contributed by atoms with van der Waals surface area (Å²) in [6, 6.07) is 27.3. The van der Waals surface area contributed by atoms with E-state index in [-0.39, 0.29) is 24.1 Å². The molecule has 0 saturated heterocycles. The quantitative estimate of drug-likeness (QED) is 0.0389. The van der Waals surface area contributed by atoms with Gasteiger partial charge in [-0.25, -0.2) is 44.9 Å². The Kier molecular flexibility index (Phi) is 20.0. The van der Waals surface area contributed by atoms with Crippen LogP contribution in [0.5, 0.6) is 23.4 Å². The van der Waals surface area contributed by atoms with Crippen LogP contribution in [0.15, 0.2) is 152 Å². The number of hydrogen-bond donors (Lipinski definition) is 6. The first-order valence-corrected chi connectivity index (χ1v) is 29.4. The van der Waals surface area contributed by atoms with Crippen LogP contribution in [0.4, 0.5) is 17.5 Å². The van der Waals surface area contributed by atoms with E-state index in [9.17, 15) is 14.4 Å². The minimum atomic E-state index is -0.282. The average molecular weight is 1220 g/mol. The fourth-order valence-electron chi connectivity index (χ4n) is 8.22. The van der Waals surface area contributed by atoms with Crippen molar-refractivity contribution in [1.29, 1.82) is 0 Å². The molecule has 25 nitrogen and oxygen atoms in total. The fourth-order valence-corrected chi connectivity index (χ4v) is 11.1. The van der Waals surface area contributed by atoms with Gasteiger partial charge in [0.05, 0.1) is 33.4 Å². The minimum absolute atomic E-state index is 0.0870. The third-order valence-corrected chi connectivity index (χ3v) is 15.4. The minimum Gasteiger partial charge on any atom is -0.497 e. The van der Waals surface area contributed by atoms with Gasteiger partial charge < -0.3 is 34.9 Å². The summed E-state index contributed by atoms with van der Waals surface area (Å²) in [5.74, 6) is 4.75. The maximum atomic E-state index is 12.6. The fraction of sp³-hybridized carbons (Fsp3) is 0.169. The van der Waals surface area contributed by atoms with Crippen LogP contribution in [0, 0.1) is 0 Å². The van der Waals surface area contributed by atoms with Crippen LogP contribution in [-0.2, 0) is 16.0 Å². The Morgan fingerprint density at radius 3 is 1.40 bits per heavy atom. The number of ether oxygens (including phenoxy) is 4. The highest BCUT2D eigenvalue weighted by molar-refractivity contribution is 7.19. The van der Waals surface area contributed by atoms with Crippen LogP contribution in [0.2, 0.25) is 0 Å². The lowest BCUT2D eigenvalue weighted by atomic mass is 10.1. The average Bonchev–Trinajstić information content (AvgIpc) is 4.19. The summed E-state index contributed by atoms with van der Waals surface area (Å²) in [5.41, 5.74) is 4.96. The van der Waals surface area contributed by atoms with Gasteiger partial charge in [-0.2, -0.15) is 15.3 Å². The summed E-state index contributed by atoms with van der Waals surface area (Å²) in [5, 5.41) is 30.9. The monoisotopic (exact) mass is 1220 g/mol. The molecule has 28 heteroatoms. The van der Waals surface area contributed by atoms with Crippen LogP contribution < -0.4 is 34.9 Å². The Morgan fingerprint density at radius 2 is 0.989 bits per heavy atom. The smallest absolute Gasteiger partial charge is 0.256 e. The lowest BCUT2D eigenvalue weighted by Gasteiger charge is -2.07. The number of pyridine rings is 3. The molecule has 6 N–H and O–H groups in total. The zero-order valence-electron chi connectivity index (χ0n) is 47.0. The summed E-state index contributed by atoms with van der Waals surface area (Å²) in [7, 11) is 1.56. The molecule has 11 aromatic rings. The topological polar surface area (TPSA) is 326 Å². The third kappa shape index (κ3) is 15.7. The third-order valence-electron chi connectivity index (χ3n) is 12.1. The van der Waals surface area contributed by atoms with Crippen LogP contribution in [0.3, 0.4) is 0 Å². The van der Waals surface area contributed by atoms with Crippen LogP contribution in [0.25, 0.3) is 63.8 Å². The van der Waals surface area contributed by atoms with E-state index < -0.39 is 0 Å². The molecule has 440 valence electrons. The van der Waals surface area contributed by atoms with E-state index in [1.807, 2.05) is 87.5 Å². The summed E-state index contributed by atoms with van der Waals surface area (Å²) in [6.07, 6.45) is 16.7. The van der Waals surface area contributed by atoms with Gasteiger partial charge in [-0.1, -0.05) is 60.2 Å². The van der Waals surface area contributed by atoms with Crippen molar-refractivity contribution in [3.05, 3.63) is 163 Å². The van der Waals surface area contributed by atoms with Gasteiger partial charge in [0.25, 0.3) is 5.91 Å². The lowest BCUT2D eigenvalue weighted by molar-refractivity contribution is -0.116. The molecule has 87 heavy (non-hydrogen) atoms. The summed E-state index contributed by atoms with van der Waals surface area (Å²) in [4.78, 5) is 78.5. The van der Waals surface area contributed by atoms with E-state index in [0.717, 1.165) is 58.9 Å². The standard InChI is InChI=1S/C20H18N6O3S.C20H18N6O2S.C19H18N6O2S/c1-3-29-19-16(17-22-11-23-26-17)30-20(25-19)13-7-8-21-15(10-13)24-18(27)12-5-4-6-14(9-12)28-2;1-2-28-19-17(18-22-12-23-26-18)29-20(25-19)14-8-9-21-15(11-14)24-16(27)10-13-6-4-3-5-7-13;1-2-27-18-16(17-21-11-22-25-17)28-19(24-18)13-7-8-20-14(10-13)23-15(26)9-12-5-3-4-6-12/h4-11H,3H2,1-2H3,(H,21,24,27)(H,22,23,26);3-9,11-12H,2,10H2,1H3,(H,21,24,27)(H,22,23,26);3-5,7-8,10-11H,2,6,9H2,1H3,(H,20,23,26)(H,21,22,25). The molecule has 0 spiro atoms. The van der Waals surface area contributed by atoms with Crippen molar-refractivity contribution in [1.82, 2.24) is 75.4 Å². The molecule has 1 aliphatic rings. The number of amides is 3. The number of H-pyrrole nitrogens is 3. The number of carbonyl (C=O) groups excluding carboxylic acids is 3. The normalized spacial score (nSPS) is 11.3. The number of allylic oxidation sites excluding steroid dienone is 3. The number of hydrogen-bond acceptors (Lipinski definition) is 22. The SMILES string of the molecule is CCOc1nc(-c2ccnc(NC(=O)CC3=CC=CC3)c2)sc1-c1ncn[nH]1.CCOc1nc(-c2ccnc(NC(=O)Cc3ccccc3)c2)sc1-c1ncn[nH]1.CCOc1nc(-c2ccnc(NC(=O)c3cccc(OC)c3)c2)sc1-c1ncn[nH]1. The second kappa shape index (κ2) is 29.2. The number of carbonyl (C=O) groups is 3.